The summed E-state index contributed by atoms with van der Waals surface area (Å²) in [5.74, 6) is -1.16. The number of aryl methyl sites for hydroxylation is 1. The highest BCUT2D eigenvalue weighted by Gasteiger charge is 2.61. The molecule has 1 aromatic heterocycles. The summed E-state index contributed by atoms with van der Waals surface area (Å²) in [4.78, 5) is 39.8. The molecule has 0 aliphatic carbocycles. The van der Waals surface area contributed by atoms with Crippen molar-refractivity contribution in [1.29, 1.82) is 0 Å². The van der Waals surface area contributed by atoms with Crippen LogP contribution in [0.5, 0.6) is 5.75 Å². The third-order valence-electron chi connectivity index (χ3n) is 7.03. The van der Waals surface area contributed by atoms with Gasteiger partial charge < -0.3 is 23.8 Å². The summed E-state index contributed by atoms with van der Waals surface area (Å²) in [6, 6.07) is 5.46. The van der Waals surface area contributed by atoms with Crippen LogP contribution >= 0.6 is 22.6 Å². The quantitative estimate of drug-likeness (QED) is 0.113. The Morgan fingerprint density at radius 2 is 1.93 bits per heavy atom. The number of ether oxygens (including phenoxy) is 4. The van der Waals surface area contributed by atoms with Gasteiger partial charge in [-0.2, -0.15) is 0 Å². The van der Waals surface area contributed by atoms with Crippen molar-refractivity contribution in [2.45, 2.75) is 32.5 Å². The number of fused-ring (bicyclic) bond motifs is 1. The van der Waals surface area contributed by atoms with E-state index in [1.54, 1.807) is 6.92 Å². The number of hydrogen-bond acceptors (Lipinski definition) is 7. The SMILES string of the molecule is C=CCOC(=O)OC(C)[C@H]1C(=O)N2C(C(=O)OCC=C)=C(COc3cccc(Cn4cc[n+](C)c4)c3I)C(C)[C@H]12. The fourth-order valence-corrected chi connectivity index (χ4v) is 5.82. The first-order chi connectivity index (χ1) is 19.2. The van der Waals surface area contributed by atoms with Gasteiger partial charge in [0.1, 0.15) is 56.3 Å². The van der Waals surface area contributed by atoms with Crippen LogP contribution in [0.25, 0.3) is 0 Å². The molecule has 1 aromatic carbocycles. The lowest BCUT2D eigenvalue weighted by Crippen LogP contribution is -2.64. The average molecular weight is 663 g/mol. The van der Waals surface area contributed by atoms with Crippen LogP contribution in [-0.2, 0) is 37.4 Å². The summed E-state index contributed by atoms with van der Waals surface area (Å²) < 4.78 is 26.9. The third-order valence-corrected chi connectivity index (χ3v) is 8.26. The van der Waals surface area contributed by atoms with E-state index in [9.17, 15) is 14.4 Å². The molecule has 1 saturated heterocycles. The average Bonchev–Trinajstić information content (AvgIpc) is 3.44. The normalized spacial score (nSPS) is 20.4. The molecule has 0 spiro atoms. The third kappa shape index (κ3) is 5.93. The Morgan fingerprint density at radius 3 is 2.60 bits per heavy atom. The van der Waals surface area contributed by atoms with Gasteiger partial charge in [0.05, 0.1) is 22.6 Å². The van der Waals surface area contributed by atoms with Gasteiger partial charge in [0.15, 0.2) is 0 Å². The van der Waals surface area contributed by atoms with Gasteiger partial charge in [0, 0.05) is 17.1 Å². The number of halogens is 1. The molecule has 2 aliphatic heterocycles. The van der Waals surface area contributed by atoms with Crippen molar-refractivity contribution in [2.24, 2.45) is 18.9 Å². The fourth-order valence-electron chi connectivity index (χ4n) is 5.14. The summed E-state index contributed by atoms with van der Waals surface area (Å²) in [5, 5.41) is 0. The van der Waals surface area contributed by atoms with Crippen molar-refractivity contribution in [3.63, 3.8) is 0 Å². The Kier molecular flexibility index (Phi) is 9.33. The Morgan fingerprint density at radius 1 is 1.20 bits per heavy atom. The van der Waals surface area contributed by atoms with E-state index in [2.05, 4.69) is 40.3 Å². The van der Waals surface area contributed by atoms with Crippen LogP contribution in [0.3, 0.4) is 0 Å². The monoisotopic (exact) mass is 662 g/mol. The van der Waals surface area contributed by atoms with Gasteiger partial charge in [-0.3, -0.25) is 4.79 Å². The molecule has 4 rings (SSSR count). The van der Waals surface area contributed by atoms with E-state index in [1.165, 1.54) is 17.1 Å². The maximum absolute atomic E-state index is 13.3. The maximum atomic E-state index is 13.3. The minimum atomic E-state index is -0.880. The first kappa shape index (κ1) is 29.4. The molecule has 2 aliphatic rings. The smallest absolute Gasteiger partial charge is 0.488 e. The molecular weight excluding hydrogens is 629 g/mol. The zero-order chi connectivity index (χ0) is 29.0. The summed E-state index contributed by atoms with van der Waals surface area (Å²) in [6.45, 7) is 11.4. The van der Waals surface area contributed by atoms with Gasteiger partial charge in [-0.05, 0) is 35.6 Å². The number of carbonyl (C=O) groups is 3. The Labute approximate surface area is 247 Å². The highest BCUT2D eigenvalue weighted by molar-refractivity contribution is 14.1. The number of benzene rings is 1. The molecule has 1 amide bonds. The Balaban J connectivity index is 1.54. The van der Waals surface area contributed by atoms with Gasteiger partial charge in [0.25, 0.3) is 0 Å². The van der Waals surface area contributed by atoms with Crippen molar-refractivity contribution in [3.05, 3.63) is 82.6 Å². The number of esters is 1. The van der Waals surface area contributed by atoms with E-state index < -0.39 is 24.1 Å². The second-order valence-electron chi connectivity index (χ2n) is 9.72. The van der Waals surface area contributed by atoms with Crippen molar-refractivity contribution < 1.29 is 37.9 Å². The van der Waals surface area contributed by atoms with Crippen LogP contribution in [-0.4, -0.2) is 59.5 Å². The predicted octanol–water partition coefficient (Wildman–Crippen LogP) is 3.53. The molecule has 10 nitrogen and oxygen atoms in total. The minimum Gasteiger partial charge on any atom is -0.488 e. The first-order valence-electron chi connectivity index (χ1n) is 12.9. The summed E-state index contributed by atoms with van der Waals surface area (Å²) in [5.41, 5.74) is 1.91. The Bertz CT molecular complexity index is 1350. The predicted molar refractivity (Wildman–Crippen MR) is 153 cm³/mol. The van der Waals surface area contributed by atoms with E-state index in [1.807, 2.05) is 55.5 Å². The molecule has 212 valence electrons. The van der Waals surface area contributed by atoms with Crippen molar-refractivity contribution in [3.8, 4) is 5.75 Å². The van der Waals surface area contributed by atoms with E-state index in [0.717, 1.165) is 9.13 Å². The van der Waals surface area contributed by atoms with Crippen LogP contribution < -0.4 is 9.30 Å². The second-order valence-corrected chi connectivity index (χ2v) is 10.8. The largest absolute Gasteiger partial charge is 0.508 e. The molecule has 4 atom stereocenters. The van der Waals surface area contributed by atoms with E-state index in [4.69, 9.17) is 18.9 Å². The topological polar surface area (TPSA) is 100 Å². The highest BCUT2D eigenvalue weighted by atomic mass is 127. The minimum absolute atomic E-state index is 0.00247. The van der Waals surface area contributed by atoms with E-state index >= 15 is 0 Å². The van der Waals surface area contributed by atoms with Crippen molar-refractivity contribution in [1.82, 2.24) is 9.47 Å². The number of amides is 1. The van der Waals surface area contributed by atoms with E-state index in [0.29, 0.717) is 17.9 Å². The summed E-state index contributed by atoms with van der Waals surface area (Å²) in [7, 11) is 1.97. The zero-order valence-corrected chi connectivity index (χ0v) is 24.9. The number of hydrogen-bond donors (Lipinski definition) is 0. The van der Waals surface area contributed by atoms with Gasteiger partial charge in [-0.25, -0.2) is 18.7 Å². The number of rotatable bonds is 12. The second kappa shape index (κ2) is 12.7. The molecule has 11 heteroatoms. The van der Waals surface area contributed by atoms with Crippen molar-refractivity contribution >= 4 is 40.6 Å². The standard InChI is InChI=1S/C29H33IN3O7/c1-6-13-37-28(35)26-21(16-39-22-10-8-9-20(24(22)30)15-32-12-11-31(5)17-32)18(3)25-23(27(34)33(25)26)19(4)40-29(36)38-14-7-2/h6-12,17-19,23,25H,1-2,13-16H2,3-5H3/q+1/t18?,19?,23-,25-/m1/s1. The van der Waals surface area contributed by atoms with Crippen LogP contribution in [0.4, 0.5) is 4.79 Å². The zero-order valence-electron chi connectivity index (χ0n) is 22.7. The molecular formula is C29H33IN3O7+. The summed E-state index contributed by atoms with van der Waals surface area (Å²) in [6.07, 6.45) is 7.23. The molecule has 3 heterocycles. The first-order valence-corrected chi connectivity index (χ1v) is 13.9. The lowest BCUT2D eigenvalue weighted by atomic mass is 9.77. The molecule has 2 aromatic rings. The maximum Gasteiger partial charge on any atom is 0.508 e. The lowest BCUT2D eigenvalue weighted by Gasteiger charge is -2.47. The molecule has 1 fully saturated rings. The lowest BCUT2D eigenvalue weighted by molar-refractivity contribution is -0.671. The highest BCUT2D eigenvalue weighted by Crippen LogP contribution is 2.48. The van der Waals surface area contributed by atoms with Crippen molar-refractivity contribution in [2.75, 3.05) is 19.8 Å². The molecule has 0 saturated carbocycles. The van der Waals surface area contributed by atoms with Gasteiger partial charge in [-0.15, -0.1) is 0 Å². The molecule has 0 radical (unpaired) electrons. The molecule has 40 heavy (non-hydrogen) atoms. The molecule has 0 N–H and O–H groups in total. The molecule has 2 unspecified atom stereocenters. The van der Waals surface area contributed by atoms with E-state index in [-0.39, 0.29) is 43.4 Å². The van der Waals surface area contributed by atoms with Crippen LogP contribution in [0.2, 0.25) is 0 Å². The number of β-lactam (4-membered cyclic amide) rings is 1. The van der Waals surface area contributed by atoms with Gasteiger partial charge in [0.2, 0.25) is 12.2 Å². The summed E-state index contributed by atoms with van der Waals surface area (Å²) >= 11 is 2.26. The number of nitrogens with zero attached hydrogens (tertiary/aromatic N) is 3. The number of imidazole rings is 1. The van der Waals surface area contributed by atoms with Crippen LogP contribution in [0.15, 0.2) is 73.5 Å². The number of aromatic nitrogens is 2. The van der Waals surface area contributed by atoms with Gasteiger partial charge >= 0.3 is 12.1 Å². The Hall–Kier alpha value is -3.61. The molecule has 0 bridgehead atoms. The van der Waals surface area contributed by atoms with Crippen LogP contribution in [0.1, 0.15) is 19.4 Å². The number of carbonyl (C=O) groups excluding carboxylic acids is 3. The van der Waals surface area contributed by atoms with Crippen LogP contribution in [0, 0.1) is 15.4 Å². The van der Waals surface area contributed by atoms with Gasteiger partial charge in [-0.1, -0.05) is 44.4 Å². The fraction of sp³-hybridized carbons (Fsp3) is 0.379.